The van der Waals surface area contributed by atoms with E-state index in [9.17, 15) is 33.7 Å². The summed E-state index contributed by atoms with van der Waals surface area (Å²) in [6.07, 6.45) is -7.47. The Bertz CT molecular complexity index is 2140. The van der Waals surface area contributed by atoms with Crippen LogP contribution in [0.1, 0.15) is 22.3 Å². The number of benzene rings is 4. The van der Waals surface area contributed by atoms with E-state index in [-0.39, 0.29) is 19.6 Å². The van der Waals surface area contributed by atoms with Crippen molar-refractivity contribution in [2.45, 2.75) is 71.7 Å². The maximum atomic E-state index is 13.8. The molecule has 4 aromatic rings. The van der Waals surface area contributed by atoms with E-state index in [1.54, 1.807) is 52.0 Å². The summed E-state index contributed by atoms with van der Waals surface area (Å²) >= 11 is 0. The molecular formula is C35H38O14S4. The van der Waals surface area contributed by atoms with Crippen molar-refractivity contribution in [1.29, 1.82) is 0 Å². The van der Waals surface area contributed by atoms with Crippen LogP contribution in [0, 0.1) is 27.7 Å². The molecule has 0 radical (unpaired) electrons. The van der Waals surface area contributed by atoms with Gasteiger partial charge in [0.1, 0.15) is 31.2 Å². The maximum Gasteiger partial charge on any atom is 0.297 e. The van der Waals surface area contributed by atoms with Crippen molar-refractivity contribution in [1.82, 2.24) is 0 Å². The molecule has 0 spiro atoms. The zero-order valence-corrected chi connectivity index (χ0v) is 32.3. The molecule has 0 bridgehead atoms. The van der Waals surface area contributed by atoms with E-state index in [0.29, 0.717) is 0 Å². The Morgan fingerprint density at radius 3 is 0.943 bits per heavy atom. The third kappa shape index (κ3) is 10.4. The Kier molecular flexibility index (Phi) is 12.6. The summed E-state index contributed by atoms with van der Waals surface area (Å²) in [4.78, 5) is -1.12. The Hall–Kier alpha value is -3.56. The molecule has 1 saturated heterocycles. The third-order valence-corrected chi connectivity index (χ3v) is 13.4. The summed E-state index contributed by atoms with van der Waals surface area (Å²) in [5.74, 6) is 0. The summed E-state index contributed by atoms with van der Waals surface area (Å²) in [6.45, 7) is 4.40. The lowest BCUT2D eigenvalue weighted by atomic mass is 10.0. The van der Waals surface area contributed by atoms with Gasteiger partial charge < -0.3 is 9.47 Å². The predicted molar refractivity (Wildman–Crippen MR) is 190 cm³/mol. The van der Waals surface area contributed by atoms with Gasteiger partial charge in [0.2, 0.25) is 0 Å². The van der Waals surface area contributed by atoms with Crippen molar-refractivity contribution >= 4 is 40.5 Å². The van der Waals surface area contributed by atoms with Gasteiger partial charge in [0, 0.05) is 0 Å². The van der Waals surface area contributed by atoms with Gasteiger partial charge in [-0.25, -0.2) is 0 Å². The highest BCUT2D eigenvalue weighted by Gasteiger charge is 2.47. The lowest BCUT2D eigenvalue weighted by Gasteiger charge is -2.32. The molecule has 53 heavy (non-hydrogen) atoms. The van der Waals surface area contributed by atoms with Gasteiger partial charge >= 0.3 is 0 Å². The summed E-state index contributed by atoms with van der Waals surface area (Å²) < 4.78 is 141. The average molecular weight is 811 g/mol. The Morgan fingerprint density at radius 2 is 0.679 bits per heavy atom. The number of hydrogen-bond donors (Lipinski definition) is 0. The molecule has 14 nitrogen and oxygen atoms in total. The van der Waals surface area contributed by atoms with Crippen LogP contribution in [0.5, 0.6) is 0 Å². The first-order valence-electron chi connectivity index (χ1n) is 16.0. The summed E-state index contributed by atoms with van der Waals surface area (Å²) in [6, 6.07) is 22.4. The average Bonchev–Trinajstić information content (AvgIpc) is 3.25. The Morgan fingerprint density at radius 1 is 0.434 bits per heavy atom. The van der Waals surface area contributed by atoms with Crippen LogP contribution in [0.2, 0.25) is 0 Å². The van der Waals surface area contributed by atoms with Crippen molar-refractivity contribution in [3.63, 3.8) is 0 Å². The first kappa shape index (κ1) is 40.6. The lowest BCUT2D eigenvalue weighted by Crippen LogP contribution is -2.51. The summed E-state index contributed by atoms with van der Waals surface area (Å²) in [5, 5.41) is 0. The first-order chi connectivity index (χ1) is 24.9. The first-order valence-corrected chi connectivity index (χ1v) is 21.6. The predicted octanol–water partition coefficient (Wildman–Crippen LogP) is 4.32. The van der Waals surface area contributed by atoms with Gasteiger partial charge in [-0.1, -0.05) is 70.8 Å². The molecule has 0 aliphatic carbocycles. The second kappa shape index (κ2) is 16.4. The van der Waals surface area contributed by atoms with Crippen LogP contribution in [0.25, 0.3) is 0 Å². The number of rotatable bonds is 14. The second-order valence-corrected chi connectivity index (χ2v) is 18.7. The molecule has 18 heteroatoms. The smallest absolute Gasteiger partial charge is 0.297 e. The molecule has 286 valence electrons. The van der Waals surface area contributed by atoms with Gasteiger partial charge in [-0.3, -0.25) is 16.7 Å². The molecule has 5 rings (SSSR count). The normalized spacial score (nSPS) is 20.2. The van der Waals surface area contributed by atoms with Gasteiger partial charge in [-0.15, -0.1) is 0 Å². The highest BCUT2D eigenvalue weighted by Crippen LogP contribution is 2.30. The molecule has 4 atom stereocenters. The van der Waals surface area contributed by atoms with Crippen LogP contribution >= 0.6 is 0 Å². The van der Waals surface area contributed by atoms with Crippen LogP contribution in [0.4, 0.5) is 0 Å². The lowest BCUT2D eigenvalue weighted by molar-refractivity contribution is -0.117. The van der Waals surface area contributed by atoms with Crippen LogP contribution in [-0.2, 0) is 66.7 Å². The number of aryl methyl sites for hydroxylation is 4. The largest absolute Gasteiger partial charge is 0.347 e. The zero-order valence-electron chi connectivity index (χ0n) is 29.0. The Balaban J connectivity index is 1.57. The quantitative estimate of drug-likeness (QED) is 0.164. The van der Waals surface area contributed by atoms with E-state index < -0.39 is 84.9 Å². The van der Waals surface area contributed by atoms with Crippen molar-refractivity contribution in [3.05, 3.63) is 119 Å². The minimum absolute atomic E-state index is 0.222. The fourth-order valence-electron chi connectivity index (χ4n) is 5.02. The molecule has 1 aliphatic rings. The maximum absolute atomic E-state index is 13.8. The van der Waals surface area contributed by atoms with E-state index in [2.05, 4.69) is 0 Å². The highest BCUT2D eigenvalue weighted by atomic mass is 32.2. The third-order valence-electron chi connectivity index (χ3n) is 8.11. The summed E-state index contributed by atoms with van der Waals surface area (Å²) in [5.41, 5.74) is 2.99. The highest BCUT2D eigenvalue weighted by molar-refractivity contribution is 7.87. The van der Waals surface area contributed by atoms with E-state index in [1.165, 1.54) is 72.8 Å². The van der Waals surface area contributed by atoms with Crippen LogP contribution < -0.4 is 0 Å². The van der Waals surface area contributed by atoms with E-state index in [0.717, 1.165) is 22.3 Å². The van der Waals surface area contributed by atoms with Crippen LogP contribution in [0.3, 0.4) is 0 Å². The number of ether oxygens (including phenoxy) is 2. The van der Waals surface area contributed by atoms with Gasteiger partial charge in [0.05, 0.1) is 32.8 Å². The summed E-state index contributed by atoms with van der Waals surface area (Å²) in [7, 11) is -18.5. The van der Waals surface area contributed by atoms with E-state index >= 15 is 0 Å². The molecule has 0 aromatic heterocycles. The van der Waals surface area contributed by atoms with Crippen molar-refractivity contribution in [3.8, 4) is 0 Å². The van der Waals surface area contributed by atoms with Gasteiger partial charge in [-0.05, 0) is 76.2 Å². The van der Waals surface area contributed by atoms with Gasteiger partial charge in [-0.2, -0.15) is 33.7 Å². The van der Waals surface area contributed by atoms with Crippen LogP contribution in [0.15, 0.2) is 117 Å². The molecule has 1 heterocycles. The van der Waals surface area contributed by atoms with Crippen LogP contribution in [-0.4, -0.2) is 78.1 Å². The zero-order chi connectivity index (χ0) is 38.6. The van der Waals surface area contributed by atoms with Crippen molar-refractivity contribution in [2.75, 3.05) is 20.0 Å². The standard InChI is InChI=1S/C35H38O14S4/c1-24-5-13-28(14-6-24)50(36,37)46-21-32-34(48-52(40,41)30-17-9-26(3)10-18-30)35(49-53(42,43)31-19-11-27(4)12-20-31)33(45-23-44-32)22-47-51(38,39)29-15-7-25(2)8-16-29/h5-20,32-35H,21-23H2,1-4H3/t32-,33+,34+,35-. The number of hydrogen-bond acceptors (Lipinski definition) is 14. The molecule has 0 saturated carbocycles. The molecule has 0 N–H and O–H groups in total. The van der Waals surface area contributed by atoms with E-state index in [1.807, 2.05) is 0 Å². The molecule has 0 amide bonds. The SMILES string of the molecule is Cc1ccc(S(=O)(=O)OC[C@@H]2OCO[C@H](COS(=O)(=O)c3ccc(C)cc3)[C@H](OS(=O)(=O)c3ccc(C)cc3)[C@@H]2OS(=O)(=O)c2ccc(C)cc2)cc1. The second-order valence-electron chi connectivity index (χ2n) is 12.3. The van der Waals surface area contributed by atoms with Gasteiger partial charge in [0.25, 0.3) is 40.5 Å². The molecular weight excluding hydrogens is 773 g/mol. The molecule has 0 unspecified atom stereocenters. The van der Waals surface area contributed by atoms with E-state index in [4.69, 9.17) is 26.2 Å². The Labute approximate surface area is 310 Å². The molecule has 1 aliphatic heterocycles. The fraction of sp³-hybridized carbons (Fsp3) is 0.314. The van der Waals surface area contributed by atoms with Crippen molar-refractivity contribution in [2.24, 2.45) is 0 Å². The van der Waals surface area contributed by atoms with Gasteiger partial charge in [0.15, 0.2) is 0 Å². The molecule has 1 fully saturated rings. The topological polar surface area (TPSA) is 192 Å². The fourth-order valence-corrected chi connectivity index (χ4v) is 9.07. The minimum atomic E-state index is -4.78. The monoisotopic (exact) mass is 810 g/mol. The minimum Gasteiger partial charge on any atom is -0.347 e. The van der Waals surface area contributed by atoms with Crippen molar-refractivity contribution < 1.29 is 59.9 Å². The molecule has 4 aromatic carbocycles.